The summed E-state index contributed by atoms with van der Waals surface area (Å²) in [6.07, 6.45) is 7.61. The molecule has 0 aromatic heterocycles. The van der Waals surface area contributed by atoms with Crippen molar-refractivity contribution < 1.29 is 0 Å². The Hall–Kier alpha value is 0.259. The molecule has 1 aliphatic heterocycles. The predicted octanol–water partition coefficient (Wildman–Crippen LogP) is 2.85. The molecule has 0 amide bonds. The zero-order valence-electron chi connectivity index (χ0n) is 6.10. The molecule has 0 N–H and O–H groups in total. The molecule has 0 radical (unpaired) electrons. The molecule has 9 heavy (non-hydrogen) atoms. The monoisotopic (exact) mass is 191 g/mol. The molecule has 0 aromatic rings. The van der Waals surface area contributed by atoms with E-state index in [2.05, 4.69) is 19.1 Å². The normalized spacial score (nSPS) is 21.9. The SMILES string of the molecule is C/C=C\C[Se+]1CCCC1. The Morgan fingerprint density at radius 2 is 2.00 bits per heavy atom. The van der Waals surface area contributed by atoms with E-state index < -0.39 is 0 Å². The molecule has 0 spiro atoms. The van der Waals surface area contributed by atoms with E-state index in [4.69, 9.17) is 0 Å². The van der Waals surface area contributed by atoms with E-state index >= 15 is 0 Å². The van der Waals surface area contributed by atoms with Crippen LogP contribution < -0.4 is 0 Å². The topological polar surface area (TPSA) is 0 Å². The van der Waals surface area contributed by atoms with Crippen molar-refractivity contribution in [3.63, 3.8) is 0 Å². The third-order valence-electron chi connectivity index (χ3n) is 1.68. The van der Waals surface area contributed by atoms with Crippen LogP contribution in [0.5, 0.6) is 0 Å². The van der Waals surface area contributed by atoms with Crippen molar-refractivity contribution >= 4 is 13.9 Å². The molecule has 52 valence electrons. The summed E-state index contributed by atoms with van der Waals surface area (Å²) in [6.45, 7) is 2.13. The third kappa shape index (κ3) is 2.55. The maximum atomic E-state index is 2.36. The summed E-state index contributed by atoms with van der Waals surface area (Å²) in [5, 5.41) is 4.66. The van der Waals surface area contributed by atoms with E-state index in [1.165, 1.54) is 18.2 Å². The quantitative estimate of drug-likeness (QED) is 0.464. The second-order valence-electron chi connectivity index (χ2n) is 2.46. The van der Waals surface area contributed by atoms with Crippen molar-refractivity contribution in [1.29, 1.82) is 0 Å². The van der Waals surface area contributed by atoms with Crippen molar-refractivity contribution in [2.45, 2.75) is 35.7 Å². The Morgan fingerprint density at radius 1 is 1.33 bits per heavy atom. The summed E-state index contributed by atoms with van der Waals surface area (Å²) < 4.78 is 0. The second-order valence-corrected chi connectivity index (χ2v) is 7.45. The molecule has 1 fully saturated rings. The molecular weight excluding hydrogens is 175 g/mol. The molecule has 1 heteroatoms. The van der Waals surface area contributed by atoms with Crippen LogP contribution in [0.1, 0.15) is 19.8 Å². The van der Waals surface area contributed by atoms with Gasteiger partial charge in [-0.2, -0.15) is 0 Å². The van der Waals surface area contributed by atoms with Crippen LogP contribution in [-0.2, 0) is 0 Å². The van der Waals surface area contributed by atoms with E-state index in [0.29, 0.717) is 0 Å². The third-order valence-corrected chi connectivity index (χ3v) is 6.71. The minimum atomic E-state index is -0.0640. The molecule has 1 saturated heterocycles. The average molecular weight is 190 g/mol. The zero-order valence-corrected chi connectivity index (χ0v) is 7.81. The van der Waals surface area contributed by atoms with Crippen molar-refractivity contribution in [3.05, 3.63) is 12.2 Å². The molecule has 1 heterocycles. The Labute approximate surface area is 62.2 Å². The predicted molar refractivity (Wildman–Crippen MR) is 44.2 cm³/mol. The molecule has 0 aliphatic carbocycles. The van der Waals surface area contributed by atoms with Crippen LogP contribution in [0.15, 0.2) is 12.2 Å². The van der Waals surface area contributed by atoms with Crippen LogP contribution >= 0.6 is 0 Å². The Balaban J connectivity index is 2.11. The Bertz CT molecular complexity index is 90.7. The first kappa shape index (κ1) is 7.37. The summed E-state index contributed by atoms with van der Waals surface area (Å²) in [7, 11) is 0. The van der Waals surface area contributed by atoms with Crippen molar-refractivity contribution in [2.75, 3.05) is 0 Å². The zero-order chi connectivity index (χ0) is 6.53. The van der Waals surface area contributed by atoms with E-state index in [9.17, 15) is 0 Å². The van der Waals surface area contributed by atoms with Gasteiger partial charge >= 0.3 is 61.8 Å². The van der Waals surface area contributed by atoms with Crippen LogP contribution in [0.25, 0.3) is 0 Å². The van der Waals surface area contributed by atoms with Crippen molar-refractivity contribution in [3.8, 4) is 0 Å². The summed E-state index contributed by atoms with van der Waals surface area (Å²) in [5.41, 5.74) is 0. The molecule has 0 unspecified atom stereocenters. The van der Waals surface area contributed by atoms with Crippen LogP contribution in [0.3, 0.4) is 0 Å². The molecule has 0 atom stereocenters. The minimum absolute atomic E-state index is 0.0640. The van der Waals surface area contributed by atoms with Gasteiger partial charge in [-0.05, 0) is 0 Å². The van der Waals surface area contributed by atoms with Crippen LogP contribution in [0, 0.1) is 0 Å². The summed E-state index contributed by atoms with van der Waals surface area (Å²) in [4.78, 5) is 0. The fraction of sp³-hybridized carbons (Fsp3) is 0.750. The fourth-order valence-electron chi connectivity index (χ4n) is 1.11. The summed E-state index contributed by atoms with van der Waals surface area (Å²) in [6, 6.07) is 0. The van der Waals surface area contributed by atoms with Gasteiger partial charge in [-0.15, -0.1) is 0 Å². The van der Waals surface area contributed by atoms with Gasteiger partial charge in [0.25, 0.3) is 0 Å². The van der Waals surface area contributed by atoms with Gasteiger partial charge in [0.05, 0.1) is 0 Å². The molecule has 1 aliphatic rings. The van der Waals surface area contributed by atoms with Gasteiger partial charge in [-0.1, -0.05) is 0 Å². The molecule has 1 rings (SSSR count). The molecule has 0 saturated carbocycles. The molecular formula is C8H15Se+. The number of hydrogen-bond donors (Lipinski definition) is 0. The summed E-state index contributed by atoms with van der Waals surface area (Å²) in [5.74, 6) is 0. The average Bonchev–Trinajstić information content (AvgIpc) is 2.34. The van der Waals surface area contributed by atoms with Crippen LogP contribution in [-0.4, -0.2) is 13.9 Å². The first-order chi connectivity index (χ1) is 4.43. The maximum absolute atomic E-state index is 2.36. The fourth-order valence-corrected chi connectivity index (χ4v) is 5.79. The first-order valence-corrected chi connectivity index (χ1v) is 7.32. The standard InChI is InChI=1S/C8H15Se/c1-2-3-6-9-7-4-5-8-9/h2-3H,4-8H2,1H3/q+1/b3-2-. The van der Waals surface area contributed by atoms with Crippen LogP contribution in [0.2, 0.25) is 16.0 Å². The van der Waals surface area contributed by atoms with Gasteiger partial charge < -0.3 is 0 Å². The van der Waals surface area contributed by atoms with E-state index in [1.54, 1.807) is 10.6 Å². The second kappa shape index (κ2) is 4.14. The van der Waals surface area contributed by atoms with Crippen LogP contribution in [0.4, 0.5) is 0 Å². The van der Waals surface area contributed by atoms with Gasteiger partial charge in [0.1, 0.15) is 0 Å². The molecule has 0 bridgehead atoms. The molecule has 0 nitrogen and oxygen atoms in total. The van der Waals surface area contributed by atoms with Gasteiger partial charge in [0.15, 0.2) is 0 Å². The van der Waals surface area contributed by atoms with Crippen molar-refractivity contribution in [2.24, 2.45) is 0 Å². The van der Waals surface area contributed by atoms with E-state index in [1.807, 2.05) is 0 Å². The van der Waals surface area contributed by atoms with Gasteiger partial charge in [-0.25, -0.2) is 0 Å². The molecule has 0 aromatic carbocycles. The first-order valence-electron chi connectivity index (χ1n) is 3.68. The van der Waals surface area contributed by atoms with Crippen molar-refractivity contribution in [1.82, 2.24) is 0 Å². The number of allylic oxidation sites excluding steroid dienone is 2. The van der Waals surface area contributed by atoms with Gasteiger partial charge in [0, 0.05) is 0 Å². The van der Waals surface area contributed by atoms with Gasteiger partial charge in [-0.3, -0.25) is 0 Å². The van der Waals surface area contributed by atoms with E-state index in [-0.39, 0.29) is 13.9 Å². The Kier molecular flexibility index (Phi) is 3.39. The Morgan fingerprint density at radius 3 is 2.56 bits per heavy atom. The number of hydrogen-bond acceptors (Lipinski definition) is 0. The summed E-state index contributed by atoms with van der Waals surface area (Å²) >= 11 is -0.0640. The number of rotatable bonds is 2. The van der Waals surface area contributed by atoms with E-state index in [0.717, 1.165) is 0 Å². The van der Waals surface area contributed by atoms with Gasteiger partial charge in [0.2, 0.25) is 0 Å².